The first-order chi connectivity index (χ1) is 12.5. The summed E-state index contributed by atoms with van der Waals surface area (Å²) in [6.45, 7) is 3.15. The van der Waals surface area contributed by atoms with E-state index in [0.717, 1.165) is 5.56 Å². The Morgan fingerprint density at radius 1 is 1.08 bits per heavy atom. The molecule has 1 unspecified atom stereocenters. The molecule has 1 heterocycles. The molecule has 0 saturated heterocycles. The van der Waals surface area contributed by atoms with Crippen molar-refractivity contribution in [1.82, 2.24) is 10.2 Å². The Labute approximate surface area is 150 Å². The highest BCUT2D eigenvalue weighted by atomic mass is 16.5. The van der Waals surface area contributed by atoms with Crippen LogP contribution in [-0.4, -0.2) is 28.0 Å². The van der Waals surface area contributed by atoms with Gasteiger partial charge in [-0.3, -0.25) is 9.59 Å². The van der Waals surface area contributed by atoms with Gasteiger partial charge in [0.15, 0.2) is 11.9 Å². The summed E-state index contributed by atoms with van der Waals surface area (Å²) in [6, 6.07) is 13.7. The zero-order valence-corrected chi connectivity index (χ0v) is 14.3. The van der Waals surface area contributed by atoms with Crippen LogP contribution in [0.25, 0.3) is 11.5 Å². The molecule has 26 heavy (non-hydrogen) atoms. The number of Topliss-reactive ketones (excluding diaryl/α,β-unsaturated/α-hetero) is 1. The Balaban J connectivity index is 1.59. The van der Waals surface area contributed by atoms with Crippen LogP contribution in [0.3, 0.4) is 0 Å². The zero-order chi connectivity index (χ0) is 18.5. The van der Waals surface area contributed by atoms with Gasteiger partial charge in [-0.25, -0.2) is 0 Å². The molecular weight excluding hydrogens is 334 g/mol. The van der Waals surface area contributed by atoms with Gasteiger partial charge in [0.2, 0.25) is 12.3 Å². The lowest BCUT2D eigenvalue weighted by atomic mass is 10.1. The Kier molecular flexibility index (Phi) is 5.07. The van der Waals surface area contributed by atoms with Crippen LogP contribution in [0, 0.1) is 0 Å². The van der Waals surface area contributed by atoms with E-state index in [2.05, 4.69) is 15.5 Å². The molecule has 0 bridgehead atoms. The lowest BCUT2D eigenvalue weighted by Crippen LogP contribution is -2.30. The number of carbonyl (C=O) groups is 2. The van der Waals surface area contributed by atoms with Gasteiger partial charge >= 0.3 is 0 Å². The largest absolute Gasteiger partial charge is 0.481 e. The van der Waals surface area contributed by atoms with Gasteiger partial charge in [0.05, 0.1) is 0 Å². The molecule has 0 spiro atoms. The van der Waals surface area contributed by atoms with E-state index in [1.165, 1.54) is 13.3 Å². The van der Waals surface area contributed by atoms with Crippen LogP contribution in [0.2, 0.25) is 0 Å². The van der Waals surface area contributed by atoms with Gasteiger partial charge in [-0.15, -0.1) is 10.2 Å². The number of nitrogens with zero attached hydrogens (tertiary/aromatic N) is 2. The third-order valence-corrected chi connectivity index (χ3v) is 3.70. The average Bonchev–Trinajstić information content (AvgIpc) is 3.17. The molecule has 0 fully saturated rings. The minimum atomic E-state index is -0.697. The minimum absolute atomic E-state index is 0.0245. The number of nitrogens with one attached hydrogen (secondary N) is 1. The molecule has 132 valence electrons. The lowest BCUT2D eigenvalue weighted by molar-refractivity contribution is -0.122. The molecule has 1 aromatic heterocycles. The van der Waals surface area contributed by atoms with E-state index in [1.807, 2.05) is 0 Å². The second kappa shape index (κ2) is 7.60. The summed E-state index contributed by atoms with van der Waals surface area (Å²) in [5, 5.41) is 10.2. The van der Waals surface area contributed by atoms with E-state index in [4.69, 9.17) is 9.15 Å². The highest BCUT2D eigenvalue weighted by molar-refractivity contribution is 5.96. The normalized spacial score (nSPS) is 11.6. The van der Waals surface area contributed by atoms with E-state index in [9.17, 15) is 9.59 Å². The summed E-state index contributed by atoms with van der Waals surface area (Å²) < 4.78 is 10.8. The maximum absolute atomic E-state index is 12.3. The van der Waals surface area contributed by atoms with E-state index in [0.29, 0.717) is 22.9 Å². The van der Waals surface area contributed by atoms with Crippen molar-refractivity contribution < 1.29 is 18.7 Å². The van der Waals surface area contributed by atoms with E-state index in [1.54, 1.807) is 55.5 Å². The molecule has 1 N–H and O–H groups in total. The molecule has 0 aliphatic rings. The molecule has 0 saturated carbocycles. The molecular formula is C19H17N3O4. The van der Waals surface area contributed by atoms with E-state index < -0.39 is 6.10 Å². The summed E-state index contributed by atoms with van der Waals surface area (Å²) >= 11 is 0. The van der Waals surface area contributed by atoms with Crippen LogP contribution in [0.5, 0.6) is 5.75 Å². The predicted octanol–water partition coefficient (Wildman–Crippen LogP) is 3.35. The predicted molar refractivity (Wildman–Crippen MR) is 94.9 cm³/mol. The summed E-state index contributed by atoms with van der Waals surface area (Å²) in [6.07, 6.45) is 0.562. The molecule has 2 aromatic carbocycles. The molecule has 7 heteroatoms. The number of anilines is 1. The molecule has 0 aliphatic carbocycles. The number of amides is 1. The molecule has 1 atom stereocenters. The minimum Gasteiger partial charge on any atom is -0.481 e. The Bertz CT molecular complexity index is 888. The number of rotatable bonds is 6. The average molecular weight is 351 g/mol. The van der Waals surface area contributed by atoms with Crippen LogP contribution in [-0.2, 0) is 4.79 Å². The first-order valence-corrected chi connectivity index (χ1v) is 7.98. The zero-order valence-electron chi connectivity index (χ0n) is 14.3. The van der Waals surface area contributed by atoms with Crippen molar-refractivity contribution in [3.8, 4) is 17.2 Å². The standard InChI is InChI=1S/C19H17N3O4/c1-12(23)14-3-7-16(8-4-14)21-18(24)13(2)26-17-9-5-15(6-10-17)19-22-20-11-25-19/h3-11,13H,1-2H3,(H,21,24). The highest BCUT2D eigenvalue weighted by Gasteiger charge is 2.15. The third-order valence-electron chi connectivity index (χ3n) is 3.70. The molecule has 0 radical (unpaired) electrons. The second-order valence-corrected chi connectivity index (χ2v) is 5.65. The number of hydrogen-bond acceptors (Lipinski definition) is 6. The number of carbonyl (C=O) groups excluding carboxylic acids is 2. The van der Waals surface area contributed by atoms with Gasteiger partial charge in [0.25, 0.3) is 5.91 Å². The number of benzene rings is 2. The van der Waals surface area contributed by atoms with Crippen LogP contribution >= 0.6 is 0 Å². The summed E-state index contributed by atoms with van der Waals surface area (Å²) in [4.78, 5) is 23.5. The van der Waals surface area contributed by atoms with Crippen LogP contribution in [0.15, 0.2) is 59.3 Å². The van der Waals surface area contributed by atoms with E-state index in [-0.39, 0.29) is 11.7 Å². The fraction of sp³-hybridized carbons (Fsp3) is 0.158. The Morgan fingerprint density at radius 2 is 1.77 bits per heavy atom. The fourth-order valence-electron chi connectivity index (χ4n) is 2.26. The third kappa shape index (κ3) is 4.13. The summed E-state index contributed by atoms with van der Waals surface area (Å²) in [7, 11) is 0. The molecule has 7 nitrogen and oxygen atoms in total. The first kappa shape index (κ1) is 17.3. The smallest absolute Gasteiger partial charge is 0.265 e. The highest BCUT2D eigenvalue weighted by Crippen LogP contribution is 2.21. The number of ketones is 1. The van der Waals surface area contributed by atoms with Crippen LogP contribution in [0.1, 0.15) is 24.2 Å². The topological polar surface area (TPSA) is 94.3 Å². The number of hydrogen-bond donors (Lipinski definition) is 1. The molecule has 1 amide bonds. The molecule has 3 aromatic rings. The van der Waals surface area contributed by atoms with Crippen molar-refractivity contribution in [2.75, 3.05) is 5.32 Å². The number of ether oxygens (including phenoxy) is 1. The molecule has 3 rings (SSSR count). The maximum atomic E-state index is 12.3. The Morgan fingerprint density at radius 3 is 2.35 bits per heavy atom. The fourth-order valence-corrected chi connectivity index (χ4v) is 2.26. The van der Waals surface area contributed by atoms with Gasteiger partial charge in [-0.2, -0.15) is 0 Å². The van der Waals surface area contributed by atoms with Gasteiger partial charge in [-0.1, -0.05) is 0 Å². The molecule has 0 aliphatic heterocycles. The van der Waals surface area contributed by atoms with Crippen molar-refractivity contribution >= 4 is 17.4 Å². The quantitative estimate of drug-likeness (QED) is 0.685. The van der Waals surface area contributed by atoms with Gasteiger partial charge in [0, 0.05) is 16.8 Å². The van der Waals surface area contributed by atoms with E-state index >= 15 is 0 Å². The van der Waals surface area contributed by atoms with Gasteiger partial charge in [-0.05, 0) is 62.4 Å². The SMILES string of the molecule is CC(=O)c1ccc(NC(=O)C(C)Oc2ccc(-c3nnco3)cc2)cc1. The van der Waals surface area contributed by atoms with Crippen LogP contribution < -0.4 is 10.1 Å². The van der Waals surface area contributed by atoms with Crippen molar-refractivity contribution in [2.24, 2.45) is 0 Å². The maximum Gasteiger partial charge on any atom is 0.265 e. The number of aromatic nitrogens is 2. The lowest BCUT2D eigenvalue weighted by Gasteiger charge is -2.15. The van der Waals surface area contributed by atoms with Crippen molar-refractivity contribution in [2.45, 2.75) is 20.0 Å². The second-order valence-electron chi connectivity index (χ2n) is 5.65. The van der Waals surface area contributed by atoms with Crippen molar-refractivity contribution in [3.05, 3.63) is 60.5 Å². The van der Waals surface area contributed by atoms with Crippen LogP contribution in [0.4, 0.5) is 5.69 Å². The Hall–Kier alpha value is -3.48. The first-order valence-electron chi connectivity index (χ1n) is 7.98. The van der Waals surface area contributed by atoms with Crippen molar-refractivity contribution in [1.29, 1.82) is 0 Å². The van der Waals surface area contributed by atoms with Gasteiger partial charge in [0.1, 0.15) is 5.75 Å². The van der Waals surface area contributed by atoms with Gasteiger partial charge < -0.3 is 14.5 Å². The summed E-state index contributed by atoms with van der Waals surface area (Å²) in [5.41, 5.74) is 1.95. The summed E-state index contributed by atoms with van der Waals surface area (Å²) in [5.74, 6) is 0.643. The monoisotopic (exact) mass is 351 g/mol. The van der Waals surface area contributed by atoms with Crippen molar-refractivity contribution in [3.63, 3.8) is 0 Å².